The molecule has 0 aliphatic carbocycles. The van der Waals surface area contributed by atoms with E-state index in [1.165, 1.54) is 12.1 Å². The van der Waals surface area contributed by atoms with E-state index >= 15 is 0 Å². The number of ether oxygens (including phenoxy) is 4. The number of hydrogen-bond donors (Lipinski definition) is 0. The second-order valence-corrected chi connectivity index (χ2v) is 8.98. The van der Waals surface area contributed by atoms with E-state index in [9.17, 15) is 13.2 Å². The van der Waals surface area contributed by atoms with Crippen LogP contribution in [0, 0.1) is 6.92 Å². The zero-order valence-electron chi connectivity index (χ0n) is 17.8. The van der Waals surface area contributed by atoms with Gasteiger partial charge in [-0.15, -0.1) is 0 Å². The molecule has 0 fully saturated rings. The van der Waals surface area contributed by atoms with Crippen molar-refractivity contribution in [1.29, 1.82) is 0 Å². The molecule has 1 aromatic carbocycles. The van der Waals surface area contributed by atoms with Crippen molar-refractivity contribution in [3.8, 4) is 0 Å². The van der Waals surface area contributed by atoms with Gasteiger partial charge in [0.2, 0.25) is 0 Å². The molecule has 166 valence electrons. The molecule has 0 heterocycles. The third kappa shape index (κ3) is 11.3. The van der Waals surface area contributed by atoms with E-state index in [-0.39, 0.29) is 31.3 Å². The van der Waals surface area contributed by atoms with Crippen LogP contribution >= 0.6 is 0 Å². The molecule has 29 heavy (non-hydrogen) atoms. The quantitative estimate of drug-likeness (QED) is 0.266. The number of aryl methyl sites for hydroxylation is 1. The van der Waals surface area contributed by atoms with Crippen LogP contribution in [-0.2, 0) is 38.0 Å². The number of esters is 1. The van der Waals surface area contributed by atoms with E-state index in [4.69, 9.17) is 23.1 Å². The Balaban J connectivity index is 2.05. The Bertz CT molecular complexity index is 707. The molecule has 1 rings (SSSR count). The molecule has 8 nitrogen and oxygen atoms in total. The van der Waals surface area contributed by atoms with Crippen molar-refractivity contribution in [2.45, 2.75) is 51.2 Å². The molecule has 0 bridgehead atoms. The lowest BCUT2D eigenvalue weighted by Crippen LogP contribution is -2.32. The van der Waals surface area contributed by atoms with Crippen LogP contribution in [0.3, 0.4) is 0 Å². The monoisotopic (exact) mass is 432 g/mol. The van der Waals surface area contributed by atoms with Gasteiger partial charge >= 0.3 is 5.97 Å². The van der Waals surface area contributed by atoms with Crippen LogP contribution in [-0.4, -0.2) is 65.7 Å². The van der Waals surface area contributed by atoms with Gasteiger partial charge in [0, 0.05) is 0 Å². The highest BCUT2D eigenvalue weighted by atomic mass is 32.2. The number of carbonyl (C=O) groups is 1. The zero-order chi connectivity index (χ0) is 21.9. The lowest BCUT2D eigenvalue weighted by molar-refractivity contribution is -0.168. The third-order valence-electron chi connectivity index (χ3n) is 3.48. The maximum atomic E-state index is 12.0. The fraction of sp³-hybridized carbons (Fsp3) is 0.650. The van der Waals surface area contributed by atoms with Crippen LogP contribution in [0.2, 0.25) is 0 Å². The van der Waals surface area contributed by atoms with E-state index < -0.39 is 27.8 Å². The van der Waals surface area contributed by atoms with Crippen molar-refractivity contribution in [3.63, 3.8) is 0 Å². The molecule has 1 unspecified atom stereocenters. The van der Waals surface area contributed by atoms with E-state index in [0.717, 1.165) is 5.56 Å². The van der Waals surface area contributed by atoms with Gasteiger partial charge in [-0.1, -0.05) is 17.7 Å². The molecular formula is C20H32O8S. The molecule has 1 atom stereocenters. The molecule has 0 aliphatic heterocycles. The van der Waals surface area contributed by atoms with Crippen molar-refractivity contribution >= 4 is 16.1 Å². The number of benzene rings is 1. The van der Waals surface area contributed by atoms with Crippen LogP contribution in [0.1, 0.15) is 33.3 Å². The minimum atomic E-state index is -3.77. The van der Waals surface area contributed by atoms with E-state index in [2.05, 4.69) is 0 Å². The lowest BCUT2D eigenvalue weighted by atomic mass is 10.2. The summed E-state index contributed by atoms with van der Waals surface area (Å²) in [6, 6.07) is 6.43. The van der Waals surface area contributed by atoms with Gasteiger partial charge in [-0.2, -0.15) is 8.42 Å². The Labute approximate surface area is 173 Å². The molecule has 0 amide bonds. The van der Waals surface area contributed by atoms with E-state index in [1.54, 1.807) is 39.8 Å². The fourth-order valence-corrected chi connectivity index (χ4v) is 2.93. The number of rotatable bonds is 13. The summed E-state index contributed by atoms with van der Waals surface area (Å²) in [5.74, 6) is -0.415. The highest BCUT2D eigenvalue weighted by molar-refractivity contribution is 7.86. The van der Waals surface area contributed by atoms with Crippen molar-refractivity contribution in [1.82, 2.24) is 0 Å². The first kappa shape index (κ1) is 25.5. The standard InChI is InChI=1S/C20H32O8S/c1-16-6-8-18(9-7-16)29(22,23)27-15-13-25-11-10-24-12-14-26-17(2)19(21)28-20(3,4)5/h6-9,17H,10-15H2,1-5H3. The summed E-state index contributed by atoms with van der Waals surface area (Å²) < 4.78 is 50.1. The van der Waals surface area contributed by atoms with Crippen LogP contribution in [0.5, 0.6) is 0 Å². The normalized spacial score (nSPS) is 13.3. The van der Waals surface area contributed by atoms with Gasteiger partial charge in [0.15, 0.2) is 6.10 Å². The highest BCUT2D eigenvalue weighted by Crippen LogP contribution is 2.13. The van der Waals surface area contributed by atoms with Crippen molar-refractivity contribution in [2.24, 2.45) is 0 Å². The molecule has 0 N–H and O–H groups in total. The summed E-state index contributed by atoms with van der Waals surface area (Å²) in [7, 11) is -3.77. The summed E-state index contributed by atoms with van der Waals surface area (Å²) in [6.45, 7) is 10.1. The largest absolute Gasteiger partial charge is 0.458 e. The Hall–Kier alpha value is -1.52. The maximum Gasteiger partial charge on any atom is 0.335 e. The van der Waals surface area contributed by atoms with Crippen molar-refractivity contribution in [2.75, 3.05) is 39.6 Å². The summed E-state index contributed by atoms with van der Waals surface area (Å²) >= 11 is 0. The first-order valence-electron chi connectivity index (χ1n) is 9.47. The molecule has 0 saturated heterocycles. The average molecular weight is 433 g/mol. The van der Waals surface area contributed by atoms with Crippen LogP contribution in [0.25, 0.3) is 0 Å². The van der Waals surface area contributed by atoms with Gasteiger partial charge < -0.3 is 18.9 Å². The summed E-state index contributed by atoms with van der Waals surface area (Å²) in [5, 5.41) is 0. The first-order chi connectivity index (χ1) is 13.5. The average Bonchev–Trinajstić information content (AvgIpc) is 2.62. The smallest absolute Gasteiger partial charge is 0.335 e. The molecule has 0 radical (unpaired) electrons. The van der Waals surface area contributed by atoms with Crippen LogP contribution in [0.4, 0.5) is 0 Å². The summed E-state index contributed by atoms with van der Waals surface area (Å²) in [6.07, 6.45) is -0.665. The zero-order valence-corrected chi connectivity index (χ0v) is 18.6. The Kier molecular flexibility index (Phi) is 10.8. The maximum absolute atomic E-state index is 12.0. The second-order valence-electron chi connectivity index (χ2n) is 7.36. The highest BCUT2D eigenvalue weighted by Gasteiger charge is 2.22. The van der Waals surface area contributed by atoms with Gasteiger partial charge in [0.1, 0.15) is 5.60 Å². The molecular weight excluding hydrogens is 400 g/mol. The van der Waals surface area contributed by atoms with Gasteiger partial charge in [0.25, 0.3) is 10.1 Å². The molecule has 1 aromatic rings. The molecule has 9 heteroatoms. The minimum absolute atomic E-state index is 0.0767. The van der Waals surface area contributed by atoms with Crippen LogP contribution < -0.4 is 0 Å². The SMILES string of the molecule is Cc1ccc(S(=O)(=O)OCCOCCOCCOC(C)C(=O)OC(C)(C)C)cc1. The van der Waals surface area contributed by atoms with E-state index in [1.807, 2.05) is 6.92 Å². The fourth-order valence-electron chi connectivity index (χ4n) is 2.03. The summed E-state index contributed by atoms with van der Waals surface area (Å²) in [5.41, 5.74) is 0.420. The molecule has 0 aliphatic rings. The van der Waals surface area contributed by atoms with Crippen molar-refractivity contribution < 1.29 is 36.3 Å². The second kappa shape index (κ2) is 12.2. The van der Waals surface area contributed by atoms with Gasteiger partial charge in [-0.05, 0) is 46.8 Å². The third-order valence-corrected chi connectivity index (χ3v) is 4.81. The molecule has 0 spiro atoms. The van der Waals surface area contributed by atoms with Crippen molar-refractivity contribution in [3.05, 3.63) is 29.8 Å². The Morgan fingerprint density at radius 2 is 1.45 bits per heavy atom. The van der Waals surface area contributed by atoms with Gasteiger partial charge in [-0.3, -0.25) is 4.18 Å². The lowest BCUT2D eigenvalue weighted by Gasteiger charge is -2.22. The summed E-state index contributed by atoms with van der Waals surface area (Å²) in [4.78, 5) is 11.9. The number of hydrogen-bond acceptors (Lipinski definition) is 8. The van der Waals surface area contributed by atoms with Crippen LogP contribution in [0.15, 0.2) is 29.2 Å². The molecule has 0 aromatic heterocycles. The van der Waals surface area contributed by atoms with Gasteiger partial charge in [0.05, 0.1) is 44.5 Å². The predicted octanol–water partition coefficient (Wildman–Crippen LogP) is 2.48. The first-order valence-corrected chi connectivity index (χ1v) is 10.9. The Morgan fingerprint density at radius 1 is 0.931 bits per heavy atom. The van der Waals surface area contributed by atoms with E-state index in [0.29, 0.717) is 13.2 Å². The topological polar surface area (TPSA) is 97.4 Å². The molecule has 0 saturated carbocycles. The predicted molar refractivity (Wildman–Crippen MR) is 107 cm³/mol. The number of carbonyl (C=O) groups excluding carboxylic acids is 1. The Morgan fingerprint density at radius 3 is 2.00 bits per heavy atom. The van der Waals surface area contributed by atoms with Gasteiger partial charge in [-0.25, -0.2) is 4.79 Å². The minimum Gasteiger partial charge on any atom is -0.458 e.